The molecule has 2 rings (SSSR count). The van der Waals surface area contributed by atoms with E-state index in [0.717, 1.165) is 32.1 Å². The van der Waals surface area contributed by atoms with Gasteiger partial charge < -0.3 is 15.4 Å². The van der Waals surface area contributed by atoms with Gasteiger partial charge in [-0.1, -0.05) is 13.3 Å². The summed E-state index contributed by atoms with van der Waals surface area (Å²) in [5.74, 6) is 1.51. The van der Waals surface area contributed by atoms with Crippen LogP contribution in [0.1, 0.15) is 39.0 Å². The van der Waals surface area contributed by atoms with Crippen molar-refractivity contribution in [3.8, 4) is 0 Å². The number of likely N-dealkylation sites (tertiary alicyclic amines) is 1. The van der Waals surface area contributed by atoms with Gasteiger partial charge in [-0.05, 0) is 44.7 Å². The number of hydrogen-bond acceptors (Lipinski definition) is 3. The Balaban J connectivity index is 1.77. The van der Waals surface area contributed by atoms with Crippen LogP contribution in [-0.4, -0.2) is 43.8 Å². The molecule has 0 amide bonds. The number of ether oxygens (including phenoxy) is 1. The van der Waals surface area contributed by atoms with Crippen LogP contribution in [0.5, 0.6) is 0 Å². The molecule has 3 nitrogen and oxygen atoms in total. The van der Waals surface area contributed by atoms with Gasteiger partial charge in [0.1, 0.15) is 0 Å². The molecular formula is C14H28N2O. The van der Waals surface area contributed by atoms with E-state index >= 15 is 0 Å². The average Bonchev–Trinajstić information content (AvgIpc) is 2.57. The topological polar surface area (TPSA) is 38.5 Å². The van der Waals surface area contributed by atoms with Crippen molar-refractivity contribution in [1.29, 1.82) is 0 Å². The maximum atomic E-state index is 6.18. The van der Waals surface area contributed by atoms with Crippen LogP contribution in [0.15, 0.2) is 0 Å². The Morgan fingerprint density at radius 2 is 2.12 bits per heavy atom. The molecule has 3 unspecified atom stereocenters. The summed E-state index contributed by atoms with van der Waals surface area (Å²) in [7, 11) is 0. The Hall–Kier alpha value is -0.120. The molecule has 2 aliphatic heterocycles. The smallest absolute Gasteiger partial charge is 0.0521 e. The van der Waals surface area contributed by atoms with Gasteiger partial charge in [-0.2, -0.15) is 0 Å². The lowest BCUT2D eigenvalue weighted by molar-refractivity contribution is 0.0264. The molecule has 2 N–H and O–H groups in total. The highest BCUT2D eigenvalue weighted by Gasteiger charge is 2.25. The third-order valence-electron chi connectivity index (χ3n) is 4.54. The van der Waals surface area contributed by atoms with E-state index in [2.05, 4.69) is 11.8 Å². The minimum Gasteiger partial charge on any atom is -0.381 e. The highest BCUT2D eigenvalue weighted by Crippen LogP contribution is 2.22. The third-order valence-corrected chi connectivity index (χ3v) is 4.54. The van der Waals surface area contributed by atoms with Gasteiger partial charge in [-0.15, -0.1) is 0 Å². The third kappa shape index (κ3) is 3.94. The largest absolute Gasteiger partial charge is 0.381 e. The fourth-order valence-corrected chi connectivity index (χ4v) is 3.15. The van der Waals surface area contributed by atoms with Crippen LogP contribution in [0.3, 0.4) is 0 Å². The van der Waals surface area contributed by atoms with Crippen LogP contribution in [0.2, 0.25) is 0 Å². The second kappa shape index (κ2) is 6.72. The standard InChI is InChI=1S/C14H28N2O/c1-2-12-4-3-7-16(8-5-12)10-13-11-17-9-6-14(13)15/h12-14H,2-11,15H2,1H3. The lowest BCUT2D eigenvalue weighted by Gasteiger charge is -2.33. The molecule has 0 aromatic rings. The number of hydrogen-bond donors (Lipinski definition) is 1. The fraction of sp³-hybridized carbons (Fsp3) is 1.00. The molecule has 0 aromatic heterocycles. The molecule has 2 saturated heterocycles. The molecule has 0 spiro atoms. The molecule has 2 fully saturated rings. The quantitative estimate of drug-likeness (QED) is 0.818. The number of nitrogens with two attached hydrogens (primary N) is 1. The van der Waals surface area contributed by atoms with E-state index in [9.17, 15) is 0 Å². The Morgan fingerprint density at radius 3 is 2.88 bits per heavy atom. The van der Waals surface area contributed by atoms with Gasteiger partial charge in [0, 0.05) is 25.1 Å². The summed E-state index contributed by atoms with van der Waals surface area (Å²) in [6.45, 7) is 7.73. The van der Waals surface area contributed by atoms with Crippen molar-refractivity contribution in [2.24, 2.45) is 17.6 Å². The van der Waals surface area contributed by atoms with E-state index < -0.39 is 0 Å². The van der Waals surface area contributed by atoms with Crippen LogP contribution < -0.4 is 5.73 Å². The van der Waals surface area contributed by atoms with Gasteiger partial charge in [0.2, 0.25) is 0 Å². The van der Waals surface area contributed by atoms with Crippen molar-refractivity contribution in [1.82, 2.24) is 4.90 Å². The maximum absolute atomic E-state index is 6.18. The van der Waals surface area contributed by atoms with Crippen molar-refractivity contribution in [2.75, 3.05) is 32.8 Å². The Morgan fingerprint density at radius 1 is 1.24 bits per heavy atom. The van der Waals surface area contributed by atoms with Crippen LogP contribution in [0, 0.1) is 11.8 Å². The molecular weight excluding hydrogens is 212 g/mol. The zero-order valence-electron chi connectivity index (χ0n) is 11.2. The van der Waals surface area contributed by atoms with E-state index in [1.54, 1.807) is 0 Å². The first-order valence-electron chi connectivity index (χ1n) is 7.35. The van der Waals surface area contributed by atoms with E-state index in [1.807, 2.05) is 0 Å². The van der Waals surface area contributed by atoms with Gasteiger partial charge in [-0.25, -0.2) is 0 Å². The van der Waals surface area contributed by atoms with E-state index in [1.165, 1.54) is 38.8 Å². The first-order valence-corrected chi connectivity index (χ1v) is 7.35. The Labute approximate surface area is 106 Å². The monoisotopic (exact) mass is 240 g/mol. The molecule has 0 radical (unpaired) electrons. The van der Waals surface area contributed by atoms with E-state index in [-0.39, 0.29) is 0 Å². The molecule has 0 bridgehead atoms. The zero-order chi connectivity index (χ0) is 12.1. The Bertz CT molecular complexity index is 222. The van der Waals surface area contributed by atoms with Crippen LogP contribution in [-0.2, 0) is 4.74 Å². The van der Waals surface area contributed by atoms with Gasteiger partial charge in [0.25, 0.3) is 0 Å². The lowest BCUT2D eigenvalue weighted by Crippen LogP contribution is -2.45. The molecule has 0 aliphatic carbocycles. The average molecular weight is 240 g/mol. The fourth-order valence-electron chi connectivity index (χ4n) is 3.15. The predicted octanol–water partition coefficient (Wildman–Crippen LogP) is 1.86. The second-order valence-corrected chi connectivity index (χ2v) is 5.79. The molecule has 0 saturated carbocycles. The summed E-state index contributed by atoms with van der Waals surface area (Å²) >= 11 is 0. The SMILES string of the molecule is CCC1CCCN(CC2COCCC2N)CC1. The normalized spacial score (nSPS) is 36.7. The highest BCUT2D eigenvalue weighted by atomic mass is 16.5. The number of nitrogens with zero attached hydrogens (tertiary/aromatic N) is 1. The molecule has 2 heterocycles. The Kier molecular flexibility index (Phi) is 5.26. The van der Waals surface area contributed by atoms with Crippen molar-refractivity contribution < 1.29 is 4.74 Å². The molecule has 17 heavy (non-hydrogen) atoms. The van der Waals surface area contributed by atoms with E-state index in [4.69, 9.17) is 10.5 Å². The highest BCUT2D eigenvalue weighted by molar-refractivity contribution is 4.80. The molecule has 0 aromatic carbocycles. The van der Waals surface area contributed by atoms with Crippen molar-refractivity contribution in [2.45, 2.75) is 45.1 Å². The van der Waals surface area contributed by atoms with Crippen molar-refractivity contribution >= 4 is 0 Å². The van der Waals surface area contributed by atoms with Crippen LogP contribution >= 0.6 is 0 Å². The van der Waals surface area contributed by atoms with Crippen molar-refractivity contribution in [3.63, 3.8) is 0 Å². The summed E-state index contributed by atoms with van der Waals surface area (Å²) in [6, 6.07) is 0.356. The first-order chi connectivity index (χ1) is 8.29. The van der Waals surface area contributed by atoms with Gasteiger partial charge in [-0.3, -0.25) is 0 Å². The summed E-state index contributed by atoms with van der Waals surface area (Å²) in [5.41, 5.74) is 6.18. The zero-order valence-corrected chi connectivity index (χ0v) is 11.2. The lowest BCUT2D eigenvalue weighted by atomic mass is 9.96. The van der Waals surface area contributed by atoms with Crippen LogP contribution in [0.25, 0.3) is 0 Å². The van der Waals surface area contributed by atoms with Crippen LogP contribution in [0.4, 0.5) is 0 Å². The predicted molar refractivity (Wildman–Crippen MR) is 71.0 cm³/mol. The van der Waals surface area contributed by atoms with Gasteiger partial charge in [0.05, 0.1) is 6.61 Å². The first kappa shape index (κ1) is 13.3. The van der Waals surface area contributed by atoms with Gasteiger partial charge >= 0.3 is 0 Å². The summed E-state index contributed by atoms with van der Waals surface area (Å²) in [6.07, 6.45) is 6.54. The molecule has 2 aliphatic rings. The second-order valence-electron chi connectivity index (χ2n) is 5.79. The molecule has 3 atom stereocenters. The minimum atomic E-state index is 0.356. The minimum absolute atomic E-state index is 0.356. The van der Waals surface area contributed by atoms with E-state index in [0.29, 0.717) is 12.0 Å². The van der Waals surface area contributed by atoms with Crippen molar-refractivity contribution in [3.05, 3.63) is 0 Å². The summed E-state index contributed by atoms with van der Waals surface area (Å²) in [5, 5.41) is 0. The van der Waals surface area contributed by atoms with Gasteiger partial charge in [0.15, 0.2) is 0 Å². The molecule has 3 heteroatoms. The number of rotatable bonds is 3. The molecule has 100 valence electrons. The summed E-state index contributed by atoms with van der Waals surface area (Å²) < 4.78 is 5.56. The summed E-state index contributed by atoms with van der Waals surface area (Å²) in [4.78, 5) is 2.62. The maximum Gasteiger partial charge on any atom is 0.0521 e.